The van der Waals surface area contributed by atoms with Gasteiger partial charge in [0.15, 0.2) is 0 Å². The third-order valence-corrected chi connectivity index (χ3v) is 1.77. The van der Waals surface area contributed by atoms with Gasteiger partial charge >= 0.3 is 5.97 Å². The Morgan fingerprint density at radius 2 is 2.23 bits per heavy atom. The lowest BCUT2D eigenvalue weighted by atomic mass is 10.1. The molecule has 0 spiro atoms. The first-order valence-corrected chi connectivity index (χ1v) is 4.23. The smallest absolute Gasteiger partial charge is 0.337 e. The van der Waals surface area contributed by atoms with Gasteiger partial charge in [0, 0.05) is 12.2 Å². The van der Waals surface area contributed by atoms with Crippen molar-refractivity contribution < 1.29 is 9.90 Å². The van der Waals surface area contributed by atoms with Gasteiger partial charge < -0.3 is 10.4 Å². The highest BCUT2D eigenvalue weighted by molar-refractivity contribution is 5.94. The number of rotatable bonds is 3. The molecule has 0 radical (unpaired) electrons. The van der Waals surface area contributed by atoms with Crippen LogP contribution in [-0.2, 0) is 0 Å². The van der Waals surface area contributed by atoms with Crippen molar-refractivity contribution >= 4 is 11.7 Å². The van der Waals surface area contributed by atoms with E-state index in [1.807, 2.05) is 19.9 Å². The Morgan fingerprint density at radius 1 is 1.54 bits per heavy atom. The first-order valence-electron chi connectivity index (χ1n) is 4.23. The minimum atomic E-state index is -0.893. The second-order valence-electron chi connectivity index (χ2n) is 2.88. The van der Waals surface area contributed by atoms with Crippen LogP contribution in [0.2, 0.25) is 0 Å². The van der Waals surface area contributed by atoms with E-state index in [1.54, 1.807) is 12.1 Å². The summed E-state index contributed by atoms with van der Waals surface area (Å²) in [5.74, 6) is -0.893. The lowest BCUT2D eigenvalue weighted by Crippen LogP contribution is -2.05. The average molecular weight is 179 g/mol. The van der Waals surface area contributed by atoms with E-state index in [1.165, 1.54) is 0 Å². The quantitative estimate of drug-likeness (QED) is 0.747. The Morgan fingerprint density at radius 3 is 2.77 bits per heavy atom. The molecule has 2 N–H and O–H groups in total. The second-order valence-corrected chi connectivity index (χ2v) is 2.88. The third-order valence-electron chi connectivity index (χ3n) is 1.77. The van der Waals surface area contributed by atoms with Crippen molar-refractivity contribution in [3.8, 4) is 0 Å². The van der Waals surface area contributed by atoms with Gasteiger partial charge in [-0.05, 0) is 31.5 Å². The minimum absolute atomic E-state index is 0.326. The minimum Gasteiger partial charge on any atom is -0.478 e. The summed E-state index contributed by atoms with van der Waals surface area (Å²) < 4.78 is 0. The summed E-state index contributed by atoms with van der Waals surface area (Å²) in [6.45, 7) is 4.60. The van der Waals surface area contributed by atoms with Crippen LogP contribution in [0.1, 0.15) is 22.8 Å². The molecule has 0 saturated heterocycles. The number of aromatic carboxylic acids is 1. The summed E-state index contributed by atoms with van der Waals surface area (Å²) in [6.07, 6.45) is 0. The van der Waals surface area contributed by atoms with E-state index in [0.717, 1.165) is 12.1 Å². The molecule has 0 fully saturated rings. The Hall–Kier alpha value is -1.51. The molecule has 0 amide bonds. The monoisotopic (exact) mass is 179 g/mol. The summed E-state index contributed by atoms with van der Waals surface area (Å²) >= 11 is 0. The number of nitrogens with one attached hydrogen (secondary N) is 1. The van der Waals surface area contributed by atoms with E-state index >= 15 is 0 Å². The number of aryl methyl sites for hydroxylation is 1. The molecule has 13 heavy (non-hydrogen) atoms. The van der Waals surface area contributed by atoms with Crippen molar-refractivity contribution in [1.82, 2.24) is 0 Å². The summed E-state index contributed by atoms with van der Waals surface area (Å²) in [4.78, 5) is 10.8. The van der Waals surface area contributed by atoms with Crippen molar-refractivity contribution in [3.63, 3.8) is 0 Å². The maximum atomic E-state index is 10.8. The first kappa shape index (κ1) is 9.58. The van der Waals surface area contributed by atoms with Crippen LogP contribution in [0.3, 0.4) is 0 Å². The molecule has 0 unspecified atom stereocenters. The fourth-order valence-electron chi connectivity index (χ4n) is 1.18. The third kappa shape index (κ3) is 2.21. The highest BCUT2D eigenvalue weighted by Gasteiger charge is 2.08. The van der Waals surface area contributed by atoms with Gasteiger partial charge in [-0.25, -0.2) is 4.79 Å². The zero-order chi connectivity index (χ0) is 9.84. The standard InChI is InChI=1S/C10H13NO2/c1-3-11-9-6-7(2)4-5-8(9)10(12)13/h4-6,11H,3H2,1-2H3,(H,12,13). The van der Waals surface area contributed by atoms with Crippen molar-refractivity contribution in [2.75, 3.05) is 11.9 Å². The van der Waals surface area contributed by atoms with E-state index in [4.69, 9.17) is 5.11 Å². The number of carboxylic acids is 1. The molecular weight excluding hydrogens is 166 g/mol. The van der Waals surface area contributed by atoms with E-state index in [-0.39, 0.29) is 0 Å². The van der Waals surface area contributed by atoms with E-state index in [2.05, 4.69) is 5.32 Å². The molecule has 0 saturated carbocycles. The predicted octanol–water partition coefficient (Wildman–Crippen LogP) is 2.13. The van der Waals surface area contributed by atoms with Gasteiger partial charge in [0.25, 0.3) is 0 Å². The van der Waals surface area contributed by atoms with Gasteiger partial charge in [-0.3, -0.25) is 0 Å². The molecule has 0 aromatic heterocycles. The molecule has 1 aromatic carbocycles. The molecule has 70 valence electrons. The van der Waals surface area contributed by atoms with Crippen molar-refractivity contribution in [3.05, 3.63) is 29.3 Å². The van der Waals surface area contributed by atoms with Gasteiger partial charge in [-0.1, -0.05) is 6.07 Å². The molecule has 0 atom stereocenters. The predicted molar refractivity (Wildman–Crippen MR) is 52.3 cm³/mol. The van der Waals surface area contributed by atoms with Crippen LogP contribution >= 0.6 is 0 Å². The van der Waals surface area contributed by atoms with Crippen molar-refractivity contribution in [1.29, 1.82) is 0 Å². The Bertz CT molecular complexity index is 321. The number of hydrogen-bond acceptors (Lipinski definition) is 2. The number of benzene rings is 1. The van der Waals surface area contributed by atoms with Crippen LogP contribution in [0, 0.1) is 6.92 Å². The van der Waals surface area contributed by atoms with Gasteiger partial charge in [-0.2, -0.15) is 0 Å². The molecular formula is C10H13NO2. The van der Waals surface area contributed by atoms with Gasteiger partial charge in [-0.15, -0.1) is 0 Å². The second kappa shape index (κ2) is 3.94. The zero-order valence-electron chi connectivity index (χ0n) is 7.79. The topological polar surface area (TPSA) is 49.3 Å². The van der Waals surface area contributed by atoms with Gasteiger partial charge in [0.2, 0.25) is 0 Å². The summed E-state index contributed by atoms with van der Waals surface area (Å²) in [7, 11) is 0. The molecule has 0 aliphatic rings. The molecule has 0 aliphatic heterocycles. The molecule has 0 heterocycles. The van der Waals surface area contributed by atoms with Crippen LogP contribution in [0.4, 0.5) is 5.69 Å². The number of hydrogen-bond donors (Lipinski definition) is 2. The maximum Gasteiger partial charge on any atom is 0.337 e. The number of carboxylic acid groups (broad SMARTS) is 1. The van der Waals surface area contributed by atoms with Gasteiger partial charge in [0.05, 0.1) is 5.56 Å². The van der Waals surface area contributed by atoms with E-state index in [0.29, 0.717) is 11.3 Å². The fourth-order valence-corrected chi connectivity index (χ4v) is 1.18. The fraction of sp³-hybridized carbons (Fsp3) is 0.300. The van der Waals surface area contributed by atoms with Crippen LogP contribution in [0.5, 0.6) is 0 Å². The summed E-state index contributed by atoms with van der Waals surface area (Å²) in [6, 6.07) is 5.26. The zero-order valence-corrected chi connectivity index (χ0v) is 7.79. The SMILES string of the molecule is CCNc1cc(C)ccc1C(=O)O. The van der Waals surface area contributed by atoms with Crippen molar-refractivity contribution in [2.45, 2.75) is 13.8 Å². The number of anilines is 1. The van der Waals surface area contributed by atoms with Crippen LogP contribution in [0.25, 0.3) is 0 Å². The van der Waals surface area contributed by atoms with Crippen molar-refractivity contribution in [2.24, 2.45) is 0 Å². The molecule has 0 aliphatic carbocycles. The highest BCUT2D eigenvalue weighted by Crippen LogP contribution is 2.17. The first-order chi connectivity index (χ1) is 6.15. The number of carbonyl (C=O) groups is 1. The average Bonchev–Trinajstić information content (AvgIpc) is 2.04. The normalized spacial score (nSPS) is 9.69. The van der Waals surface area contributed by atoms with Crippen LogP contribution in [0.15, 0.2) is 18.2 Å². The molecule has 1 rings (SSSR count). The highest BCUT2D eigenvalue weighted by atomic mass is 16.4. The summed E-state index contributed by atoms with van der Waals surface area (Å²) in [5.41, 5.74) is 2.07. The van der Waals surface area contributed by atoms with E-state index < -0.39 is 5.97 Å². The van der Waals surface area contributed by atoms with Crippen LogP contribution < -0.4 is 5.32 Å². The van der Waals surface area contributed by atoms with Crippen LogP contribution in [-0.4, -0.2) is 17.6 Å². The molecule has 0 bridgehead atoms. The largest absolute Gasteiger partial charge is 0.478 e. The maximum absolute atomic E-state index is 10.8. The molecule has 1 aromatic rings. The van der Waals surface area contributed by atoms with E-state index in [9.17, 15) is 4.79 Å². The lowest BCUT2D eigenvalue weighted by molar-refractivity contribution is 0.0698. The Labute approximate surface area is 77.4 Å². The van der Waals surface area contributed by atoms with Gasteiger partial charge in [0.1, 0.15) is 0 Å². The summed E-state index contributed by atoms with van der Waals surface area (Å²) in [5, 5.41) is 11.9. The molecule has 3 heteroatoms. The Balaban J connectivity index is 3.10. The lowest BCUT2D eigenvalue weighted by Gasteiger charge is -2.07. The molecule has 3 nitrogen and oxygen atoms in total. The Kier molecular flexibility index (Phi) is 2.90.